The molecule has 0 aliphatic heterocycles. The van der Waals surface area contributed by atoms with Gasteiger partial charge in [-0.3, -0.25) is 4.79 Å². The molecule has 0 aliphatic carbocycles. The lowest BCUT2D eigenvalue weighted by Gasteiger charge is -2.12. The third kappa shape index (κ3) is 3.84. The summed E-state index contributed by atoms with van der Waals surface area (Å²) < 4.78 is 13.4. The predicted molar refractivity (Wildman–Crippen MR) is 116 cm³/mol. The van der Waals surface area contributed by atoms with Crippen LogP contribution in [0.2, 0.25) is 5.02 Å². The summed E-state index contributed by atoms with van der Waals surface area (Å²) in [5.74, 6) is -0.839. The number of nitrogens with one attached hydrogen (secondary N) is 1. The number of aryl methyl sites for hydroxylation is 2. The molecule has 0 bridgehead atoms. The second-order valence-electron chi connectivity index (χ2n) is 6.97. The number of rotatable bonds is 3. The van der Waals surface area contributed by atoms with E-state index in [1.165, 1.54) is 18.2 Å². The Bertz CT molecular complexity index is 1250. The first-order valence-corrected chi connectivity index (χ1v) is 9.54. The Hall–Kier alpha value is -3.24. The summed E-state index contributed by atoms with van der Waals surface area (Å²) in [5, 5.41) is 3.50. The highest BCUT2D eigenvalue weighted by Crippen LogP contribution is 2.28. The van der Waals surface area contributed by atoms with E-state index in [2.05, 4.69) is 11.4 Å². The highest BCUT2D eigenvalue weighted by Gasteiger charge is 2.15. The molecule has 4 aromatic rings. The van der Waals surface area contributed by atoms with E-state index in [0.29, 0.717) is 11.3 Å². The molecule has 29 heavy (non-hydrogen) atoms. The molecule has 0 aliphatic rings. The SMILES string of the molecule is Cc1ccc(-c2cc(C(=O)Nc3ccc(F)c(Cl)c3)c3ccccc3n2)c(C)c1. The number of para-hydroxylation sites is 1. The molecule has 1 aromatic heterocycles. The molecule has 1 heterocycles. The molecule has 5 heteroatoms. The van der Waals surface area contributed by atoms with Crippen LogP contribution in [0.15, 0.2) is 66.7 Å². The van der Waals surface area contributed by atoms with Crippen LogP contribution >= 0.6 is 11.6 Å². The lowest BCUT2D eigenvalue weighted by molar-refractivity contribution is 0.102. The van der Waals surface area contributed by atoms with E-state index in [0.717, 1.165) is 33.3 Å². The van der Waals surface area contributed by atoms with Crippen molar-refractivity contribution in [1.29, 1.82) is 0 Å². The van der Waals surface area contributed by atoms with Gasteiger partial charge < -0.3 is 5.32 Å². The fourth-order valence-corrected chi connectivity index (χ4v) is 3.56. The maximum absolute atomic E-state index is 13.4. The largest absolute Gasteiger partial charge is 0.322 e. The van der Waals surface area contributed by atoms with Crippen molar-refractivity contribution >= 4 is 34.1 Å². The number of aromatic nitrogens is 1. The minimum Gasteiger partial charge on any atom is -0.322 e. The maximum Gasteiger partial charge on any atom is 0.256 e. The molecule has 3 nitrogen and oxygen atoms in total. The van der Waals surface area contributed by atoms with Gasteiger partial charge in [0.1, 0.15) is 5.82 Å². The van der Waals surface area contributed by atoms with Crippen LogP contribution in [-0.4, -0.2) is 10.9 Å². The Balaban J connectivity index is 1.82. The Morgan fingerprint density at radius 1 is 1.00 bits per heavy atom. The first-order valence-electron chi connectivity index (χ1n) is 9.16. The van der Waals surface area contributed by atoms with E-state index in [1.54, 1.807) is 6.07 Å². The normalized spacial score (nSPS) is 10.9. The number of halogens is 2. The number of anilines is 1. The number of hydrogen-bond donors (Lipinski definition) is 1. The van der Waals surface area contributed by atoms with E-state index in [-0.39, 0.29) is 10.9 Å². The number of fused-ring (bicyclic) bond motifs is 1. The second-order valence-corrected chi connectivity index (χ2v) is 7.38. The van der Waals surface area contributed by atoms with Gasteiger partial charge in [0.05, 0.1) is 21.8 Å². The van der Waals surface area contributed by atoms with Gasteiger partial charge in [-0.15, -0.1) is 0 Å². The molecule has 4 rings (SSSR count). The first-order chi connectivity index (χ1) is 13.9. The van der Waals surface area contributed by atoms with Crippen molar-refractivity contribution < 1.29 is 9.18 Å². The monoisotopic (exact) mass is 404 g/mol. The number of amides is 1. The Labute approximate surface area is 173 Å². The molecule has 0 unspecified atom stereocenters. The van der Waals surface area contributed by atoms with Gasteiger partial charge in [-0.1, -0.05) is 53.6 Å². The number of carbonyl (C=O) groups is 1. The van der Waals surface area contributed by atoms with Gasteiger partial charge in [0.15, 0.2) is 0 Å². The van der Waals surface area contributed by atoms with Crippen LogP contribution < -0.4 is 5.32 Å². The van der Waals surface area contributed by atoms with E-state index in [9.17, 15) is 9.18 Å². The topological polar surface area (TPSA) is 42.0 Å². The fraction of sp³-hybridized carbons (Fsp3) is 0.0833. The molecule has 0 atom stereocenters. The van der Waals surface area contributed by atoms with Crippen molar-refractivity contribution in [2.24, 2.45) is 0 Å². The number of benzene rings is 3. The predicted octanol–water partition coefficient (Wildman–Crippen LogP) is 6.56. The molecule has 0 saturated carbocycles. The zero-order valence-corrected chi connectivity index (χ0v) is 16.7. The van der Waals surface area contributed by atoms with Crippen molar-refractivity contribution in [2.45, 2.75) is 13.8 Å². The molecular formula is C24H18ClFN2O. The van der Waals surface area contributed by atoms with Crippen LogP contribution in [0.1, 0.15) is 21.5 Å². The van der Waals surface area contributed by atoms with Gasteiger partial charge in [-0.05, 0) is 49.7 Å². The molecule has 144 valence electrons. The van der Waals surface area contributed by atoms with Crippen LogP contribution in [0.25, 0.3) is 22.2 Å². The summed E-state index contributed by atoms with van der Waals surface area (Å²) in [6, 6.07) is 19.5. The van der Waals surface area contributed by atoms with Crippen LogP contribution in [-0.2, 0) is 0 Å². The highest BCUT2D eigenvalue weighted by molar-refractivity contribution is 6.31. The fourth-order valence-electron chi connectivity index (χ4n) is 3.37. The standard InChI is InChI=1S/C24H18ClFN2O/c1-14-7-9-17(15(2)11-14)23-13-19(18-5-3-4-6-22(18)28-23)24(29)27-16-8-10-21(26)20(25)12-16/h3-13H,1-2H3,(H,27,29). The summed E-state index contributed by atoms with van der Waals surface area (Å²) in [7, 11) is 0. The molecule has 0 radical (unpaired) electrons. The van der Waals surface area contributed by atoms with Gasteiger partial charge in [-0.2, -0.15) is 0 Å². The van der Waals surface area contributed by atoms with Crippen molar-refractivity contribution in [3.05, 3.63) is 94.3 Å². The van der Waals surface area contributed by atoms with Gasteiger partial charge in [0.25, 0.3) is 5.91 Å². The molecular weight excluding hydrogens is 387 g/mol. The first kappa shape index (κ1) is 19.1. The lowest BCUT2D eigenvalue weighted by atomic mass is 9.99. The molecule has 1 amide bonds. The van der Waals surface area contributed by atoms with Crippen molar-refractivity contribution in [3.63, 3.8) is 0 Å². The van der Waals surface area contributed by atoms with E-state index >= 15 is 0 Å². The smallest absolute Gasteiger partial charge is 0.256 e. The van der Waals surface area contributed by atoms with Crippen LogP contribution in [0.3, 0.4) is 0 Å². The molecule has 0 fully saturated rings. The summed E-state index contributed by atoms with van der Waals surface area (Å²) >= 11 is 5.84. The summed E-state index contributed by atoms with van der Waals surface area (Å²) in [6.45, 7) is 4.07. The summed E-state index contributed by atoms with van der Waals surface area (Å²) in [4.78, 5) is 17.8. The third-order valence-electron chi connectivity index (χ3n) is 4.80. The number of hydrogen-bond acceptors (Lipinski definition) is 2. The quantitative estimate of drug-likeness (QED) is 0.420. The lowest BCUT2D eigenvalue weighted by Crippen LogP contribution is -2.13. The summed E-state index contributed by atoms with van der Waals surface area (Å²) in [6.07, 6.45) is 0. The number of pyridine rings is 1. The highest BCUT2D eigenvalue weighted by atomic mass is 35.5. The minimum atomic E-state index is -0.531. The minimum absolute atomic E-state index is 0.0432. The Morgan fingerprint density at radius 3 is 2.55 bits per heavy atom. The zero-order chi connectivity index (χ0) is 20.5. The van der Waals surface area contributed by atoms with Gasteiger partial charge in [0, 0.05) is 16.6 Å². The Kier molecular flexibility index (Phi) is 5.03. The number of nitrogens with zero attached hydrogens (tertiary/aromatic N) is 1. The van der Waals surface area contributed by atoms with Crippen molar-refractivity contribution in [3.8, 4) is 11.3 Å². The van der Waals surface area contributed by atoms with Gasteiger partial charge in [-0.25, -0.2) is 9.37 Å². The van der Waals surface area contributed by atoms with Crippen LogP contribution in [0.4, 0.5) is 10.1 Å². The van der Waals surface area contributed by atoms with Gasteiger partial charge in [0.2, 0.25) is 0 Å². The van der Waals surface area contributed by atoms with Crippen molar-refractivity contribution in [1.82, 2.24) is 4.98 Å². The molecule has 3 aromatic carbocycles. The van der Waals surface area contributed by atoms with Gasteiger partial charge >= 0.3 is 0 Å². The van der Waals surface area contributed by atoms with Crippen LogP contribution in [0, 0.1) is 19.7 Å². The molecule has 0 saturated heterocycles. The zero-order valence-electron chi connectivity index (χ0n) is 16.0. The molecule has 0 spiro atoms. The molecule has 1 N–H and O–H groups in total. The Morgan fingerprint density at radius 2 is 1.79 bits per heavy atom. The third-order valence-corrected chi connectivity index (χ3v) is 5.09. The second kappa shape index (κ2) is 7.64. The van der Waals surface area contributed by atoms with Crippen molar-refractivity contribution in [2.75, 3.05) is 5.32 Å². The summed E-state index contributed by atoms with van der Waals surface area (Å²) in [5.41, 5.74) is 5.60. The average Bonchev–Trinajstić information content (AvgIpc) is 2.70. The van der Waals surface area contributed by atoms with E-state index in [1.807, 2.05) is 50.2 Å². The van der Waals surface area contributed by atoms with Crippen LogP contribution in [0.5, 0.6) is 0 Å². The number of carbonyl (C=O) groups excluding carboxylic acids is 1. The average molecular weight is 405 g/mol. The van der Waals surface area contributed by atoms with E-state index in [4.69, 9.17) is 16.6 Å². The maximum atomic E-state index is 13.4. The van der Waals surface area contributed by atoms with E-state index < -0.39 is 5.82 Å².